The number of hydrogen-bond donors (Lipinski definition) is 0. The number of hydrogen-bond acceptors (Lipinski definition) is 4. The van der Waals surface area contributed by atoms with Gasteiger partial charge in [0.05, 0.1) is 35.4 Å². The number of carbonyl (C=O) groups is 1. The van der Waals surface area contributed by atoms with Crippen molar-refractivity contribution in [2.45, 2.75) is 32.1 Å². The summed E-state index contributed by atoms with van der Waals surface area (Å²) in [6.07, 6.45) is 5.36. The molecule has 0 spiro atoms. The van der Waals surface area contributed by atoms with E-state index in [1.165, 1.54) is 7.11 Å². The van der Waals surface area contributed by atoms with Crippen molar-refractivity contribution in [1.29, 1.82) is 0 Å². The van der Waals surface area contributed by atoms with Gasteiger partial charge in [0.15, 0.2) is 17.2 Å². The quantitative estimate of drug-likeness (QED) is 0.0480. The molecule has 2 aromatic carbocycles. The van der Waals surface area contributed by atoms with Gasteiger partial charge in [-0.25, -0.2) is 0 Å². The second kappa shape index (κ2) is 13.9. The monoisotopic (exact) mass is 552 g/mol. The van der Waals surface area contributed by atoms with E-state index in [9.17, 15) is 4.79 Å². The lowest BCUT2D eigenvalue weighted by molar-refractivity contribution is 0.00234. The number of benzene rings is 2. The van der Waals surface area contributed by atoms with Crippen molar-refractivity contribution in [2.75, 3.05) is 20.3 Å². The number of rotatable bonds is 13. The summed E-state index contributed by atoms with van der Waals surface area (Å²) in [6.45, 7) is 0.915. The third-order valence-corrected chi connectivity index (χ3v) is 6.83. The average Bonchev–Trinajstić information content (AvgIpc) is 2.82. The highest BCUT2D eigenvalue weighted by atomic mass is 35.5. The SMILES string of the molecule is COc1cc(C(=O)C=[N+]=[N-])ccc1OCCCCCCCOc1c(Cl)c(Cl)c(Cl)c(Cl)c1Cl. The van der Waals surface area contributed by atoms with Crippen LogP contribution in [0.5, 0.6) is 17.2 Å². The van der Waals surface area contributed by atoms with E-state index in [1.807, 2.05) is 0 Å². The number of Topliss-reactive ketones (excluding diaryl/α,β-unsaturated/α-hetero) is 1. The molecule has 0 heterocycles. The summed E-state index contributed by atoms with van der Waals surface area (Å²) in [5.41, 5.74) is 8.82. The Hall–Kier alpha value is -1.66. The van der Waals surface area contributed by atoms with E-state index in [4.69, 9.17) is 77.7 Å². The fourth-order valence-electron chi connectivity index (χ4n) is 2.87. The molecule has 0 saturated carbocycles. The number of methoxy groups -OCH3 is 1. The molecule has 0 N–H and O–H groups in total. The maximum absolute atomic E-state index is 11.7. The number of ether oxygens (including phenoxy) is 3. The van der Waals surface area contributed by atoms with Crippen molar-refractivity contribution in [1.82, 2.24) is 0 Å². The fraction of sp³-hybridized carbons (Fsp3) is 0.364. The van der Waals surface area contributed by atoms with Crippen molar-refractivity contribution in [3.05, 3.63) is 54.4 Å². The number of unbranched alkanes of at least 4 members (excludes halogenated alkanes) is 4. The van der Waals surface area contributed by atoms with Gasteiger partial charge < -0.3 is 19.7 Å². The molecule has 0 amide bonds. The van der Waals surface area contributed by atoms with Gasteiger partial charge in [-0.3, -0.25) is 4.79 Å². The normalized spacial score (nSPS) is 10.5. The number of halogens is 5. The predicted molar refractivity (Wildman–Crippen MR) is 133 cm³/mol. The summed E-state index contributed by atoms with van der Waals surface area (Å²) in [5.74, 6) is 0.774. The van der Waals surface area contributed by atoms with Crippen LogP contribution in [0.2, 0.25) is 25.1 Å². The molecule has 0 atom stereocenters. The largest absolute Gasteiger partial charge is 0.493 e. The van der Waals surface area contributed by atoms with E-state index in [0.717, 1.165) is 38.3 Å². The first-order valence-corrected chi connectivity index (χ1v) is 11.9. The highest BCUT2D eigenvalue weighted by Crippen LogP contribution is 2.48. The smallest absolute Gasteiger partial charge is 0.328 e. The van der Waals surface area contributed by atoms with E-state index in [2.05, 4.69) is 4.79 Å². The average molecular weight is 555 g/mol. The zero-order valence-corrected chi connectivity index (χ0v) is 21.5. The van der Waals surface area contributed by atoms with E-state index in [-0.39, 0.29) is 30.9 Å². The van der Waals surface area contributed by atoms with Crippen molar-refractivity contribution < 1.29 is 23.8 Å². The summed E-state index contributed by atoms with van der Waals surface area (Å²) >= 11 is 30.3. The zero-order chi connectivity index (χ0) is 24.4. The standard InChI is InChI=1S/C22H21Cl5N2O4/c1-31-16-11-13(14(30)12-29-28)7-8-15(16)32-9-5-3-2-4-6-10-33-22-20(26)18(24)17(23)19(25)21(22)27/h7-8,11-12H,2-6,9-10H2,1H3. The Morgan fingerprint density at radius 2 is 1.39 bits per heavy atom. The van der Waals surface area contributed by atoms with Gasteiger partial charge in [-0.2, -0.15) is 4.79 Å². The van der Waals surface area contributed by atoms with Gasteiger partial charge in [-0.15, -0.1) is 0 Å². The summed E-state index contributed by atoms with van der Waals surface area (Å²) < 4.78 is 16.7. The molecule has 6 nitrogen and oxygen atoms in total. The molecule has 0 unspecified atom stereocenters. The lowest BCUT2D eigenvalue weighted by Crippen LogP contribution is -2.04. The topological polar surface area (TPSA) is 81.2 Å². The maximum Gasteiger partial charge on any atom is 0.328 e. The second-order valence-corrected chi connectivity index (χ2v) is 8.73. The molecular weight excluding hydrogens is 534 g/mol. The van der Waals surface area contributed by atoms with Gasteiger partial charge >= 0.3 is 6.21 Å². The molecule has 0 radical (unpaired) electrons. The van der Waals surface area contributed by atoms with Crippen LogP contribution in [-0.2, 0) is 0 Å². The number of nitrogens with zero attached hydrogens (tertiary/aromatic N) is 2. The van der Waals surface area contributed by atoms with Crippen molar-refractivity contribution in [2.24, 2.45) is 0 Å². The molecule has 0 aliphatic heterocycles. The van der Waals surface area contributed by atoms with E-state index < -0.39 is 5.78 Å². The molecular formula is C22H21Cl5N2O4. The number of ketones is 1. The Bertz CT molecular complexity index is 1010. The highest BCUT2D eigenvalue weighted by molar-refractivity contribution is 6.55. The molecule has 11 heteroatoms. The zero-order valence-electron chi connectivity index (χ0n) is 17.7. The molecule has 0 bridgehead atoms. The van der Waals surface area contributed by atoms with Crippen LogP contribution in [0.4, 0.5) is 0 Å². The molecule has 0 aliphatic rings. The lowest BCUT2D eigenvalue weighted by Gasteiger charge is -2.13. The summed E-state index contributed by atoms with van der Waals surface area (Å²) in [6, 6.07) is 4.78. The number of carbonyl (C=O) groups excluding carboxylic acids is 1. The Morgan fingerprint density at radius 3 is 1.97 bits per heavy atom. The van der Waals surface area contributed by atoms with Crippen LogP contribution >= 0.6 is 58.0 Å². The molecule has 178 valence electrons. The van der Waals surface area contributed by atoms with Crippen LogP contribution < -0.4 is 14.2 Å². The van der Waals surface area contributed by atoms with Gasteiger partial charge in [0, 0.05) is 5.56 Å². The fourth-order valence-corrected chi connectivity index (χ4v) is 4.10. The van der Waals surface area contributed by atoms with Crippen LogP contribution in [0.3, 0.4) is 0 Å². The molecule has 0 saturated heterocycles. The first kappa shape index (κ1) is 27.6. The summed E-state index contributed by atoms with van der Waals surface area (Å²) in [7, 11) is 1.49. The lowest BCUT2D eigenvalue weighted by atomic mass is 10.1. The van der Waals surface area contributed by atoms with Gasteiger partial charge in [-0.05, 0) is 31.0 Å². The van der Waals surface area contributed by atoms with E-state index in [1.54, 1.807) is 18.2 Å². The van der Waals surface area contributed by atoms with Crippen LogP contribution in [-0.4, -0.2) is 37.1 Å². The van der Waals surface area contributed by atoms with Crippen molar-refractivity contribution in [3.63, 3.8) is 0 Å². The van der Waals surface area contributed by atoms with Crippen LogP contribution in [0.1, 0.15) is 42.5 Å². The van der Waals surface area contributed by atoms with Crippen LogP contribution in [0.25, 0.3) is 5.53 Å². The highest BCUT2D eigenvalue weighted by Gasteiger charge is 2.20. The van der Waals surface area contributed by atoms with Gasteiger partial charge in [0.2, 0.25) is 0 Å². The minimum Gasteiger partial charge on any atom is -0.493 e. The first-order valence-electron chi connectivity index (χ1n) is 9.98. The summed E-state index contributed by atoms with van der Waals surface area (Å²) in [5, 5.41) is 0.602. The minimum atomic E-state index is -0.432. The molecule has 0 aromatic heterocycles. The van der Waals surface area contributed by atoms with E-state index >= 15 is 0 Å². The maximum atomic E-state index is 11.7. The summed E-state index contributed by atoms with van der Waals surface area (Å²) in [4.78, 5) is 14.5. The first-order chi connectivity index (χ1) is 15.8. The van der Waals surface area contributed by atoms with E-state index in [0.29, 0.717) is 30.3 Å². The second-order valence-electron chi connectivity index (χ2n) is 6.84. The third kappa shape index (κ3) is 7.68. The Labute approximate surface area is 217 Å². The Morgan fingerprint density at radius 1 is 0.848 bits per heavy atom. The van der Waals surface area contributed by atoms with Crippen molar-refractivity contribution >= 4 is 70.0 Å². The third-order valence-electron chi connectivity index (χ3n) is 4.59. The Balaban J connectivity index is 1.69. The van der Waals surface area contributed by atoms with Gasteiger partial charge in [-0.1, -0.05) is 77.3 Å². The molecule has 33 heavy (non-hydrogen) atoms. The molecule has 0 aliphatic carbocycles. The minimum absolute atomic E-state index is 0.0982. The van der Waals surface area contributed by atoms with Crippen molar-refractivity contribution in [3.8, 4) is 17.2 Å². The Kier molecular flexibility index (Phi) is 11.6. The van der Waals surface area contributed by atoms with Gasteiger partial charge in [0.25, 0.3) is 5.78 Å². The van der Waals surface area contributed by atoms with Gasteiger partial charge in [0.1, 0.15) is 10.0 Å². The predicted octanol–water partition coefficient (Wildman–Crippen LogP) is 7.85. The van der Waals surface area contributed by atoms with Crippen LogP contribution in [0, 0.1) is 0 Å². The van der Waals surface area contributed by atoms with Crippen LogP contribution in [0.15, 0.2) is 18.2 Å². The molecule has 2 rings (SSSR count). The molecule has 0 fully saturated rings. The molecule has 2 aromatic rings.